The number of ether oxygens (including phenoxy) is 1. The summed E-state index contributed by atoms with van der Waals surface area (Å²) in [5.74, 6) is -0.988. The first kappa shape index (κ1) is 24.1. The molecule has 1 atom stereocenters. The van der Waals surface area contributed by atoms with E-state index in [-0.39, 0.29) is 21.4 Å². The van der Waals surface area contributed by atoms with Crippen LogP contribution in [-0.4, -0.2) is 44.3 Å². The number of esters is 1. The van der Waals surface area contributed by atoms with E-state index in [2.05, 4.69) is 5.32 Å². The Kier molecular flexibility index (Phi) is 7.16. The van der Waals surface area contributed by atoms with Crippen molar-refractivity contribution in [2.45, 2.75) is 37.1 Å². The SMILES string of the molecule is COC(=O)c1sc(-c2ccccc2)cc1NC(=O)c1ccc(S(=O)(=O)N2CCCCC2C)cc1. The average molecular weight is 499 g/mol. The van der Waals surface area contributed by atoms with Crippen LogP contribution in [0, 0.1) is 0 Å². The van der Waals surface area contributed by atoms with E-state index in [1.54, 1.807) is 6.07 Å². The minimum Gasteiger partial charge on any atom is -0.465 e. The van der Waals surface area contributed by atoms with Gasteiger partial charge in [0, 0.05) is 23.0 Å². The molecule has 0 bridgehead atoms. The van der Waals surface area contributed by atoms with Crippen molar-refractivity contribution in [1.82, 2.24) is 4.31 Å². The summed E-state index contributed by atoms with van der Waals surface area (Å²) in [7, 11) is -2.33. The number of anilines is 1. The lowest BCUT2D eigenvalue weighted by atomic mass is 10.1. The molecule has 1 aromatic heterocycles. The molecule has 34 heavy (non-hydrogen) atoms. The van der Waals surface area contributed by atoms with Crippen LogP contribution in [0.1, 0.15) is 46.2 Å². The van der Waals surface area contributed by atoms with E-state index in [9.17, 15) is 18.0 Å². The van der Waals surface area contributed by atoms with Crippen molar-refractivity contribution in [1.29, 1.82) is 0 Å². The van der Waals surface area contributed by atoms with Crippen LogP contribution in [0.15, 0.2) is 65.6 Å². The number of carbonyl (C=O) groups is 2. The molecule has 1 saturated heterocycles. The molecule has 4 rings (SSSR count). The number of hydrogen-bond donors (Lipinski definition) is 1. The Hall–Kier alpha value is -3.01. The van der Waals surface area contributed by atoms with Crippen LogP contribution in [0.3, 0.4) is 0 Å². The van der Waals surface area contributed by atoms with Gasteiger partial charge in [-0.25, -0.2) is 13.2 Å². The molecule has 1 N–H and O–H groups in total. The molecule has 1 fully saturated rings. The third kappa shape index (κ3) is 4.91. The number of amides is 1. The number of nitrogens with one attached hydrogen (secondary N) is 1. The summed E-state index contributed by atoms with van der Waals surface area (Å²) in [6.07, 6.45) is 2.71. The Labute approximate surface area is 203 Å². The number of nitrogens with zero attached hydrogens (tertiary/aromatic N) is 1. The number of carbonyl (C=O) groups excluding carboxylic acids is 2. The highest BCUT2D eigenvalue weighted by Gasteiger charge is 2.31. The zero-order valence-corrected chi connectivity index (χ0v) is 20.6. The molecule has 9 heteroatoms. The van der Waals surface area contributed by atoms with Gasteiger partial charge in [0.2, 0.25) is 10.0 Å². The average Bonchev–Trinajstić information content (AvgIpc) is 3.28. The molecule has 1 aliphatic heterocycles. The first-order chi connectivity index (χ1) is 16.3. The molecule has 2 heterocycles. The van der Waals surface area contributed by atoms with Gasteiger partial charge in [-0.2, -0.15) is 4.31 Å². The van der Waals surface area contributed by atoms with Crippen molar-refractivity contribution < 1.29 is 22.7 Å². The number of thiophene rings is 1. The van der Waals surface area contributed by atoms with Gasteiger partial charge in [-0.1, -0.05) is 36.8 Å². The van der Waals surface area contributed by atoms with Crippen LogP contribution in [0.2, 0.25) is 0 Å². The summed E-state index contributed by atoms with van der Waals surface area (Å²) >= 11 is 1.23. The summed E-state index contributed by atoms with van der Waals surface area (Å²) < 4.78 is 32.5. The van der Waals surface area contributed by atoms with Crippen molar-refractivity contribution in [3.63, 3.8) is 0 Å². The van der Waals surface area contributed by atoms with Gasteiger partial charge in [-0.15, -0.1) is 11.3 Å². The van der Waals surface area contributed by atoms with Crippen molar-refractivity contribution in [3.05, 3.63) is 71.1 Å². The van der Waals surface area contributed by atoms with Crippen molar-refractivity contribution in [3.8, 4) is 10.4 Å². The summed E-state index contributed by atoms with van der Waals surface area (Å²) in [6, 6.07) is 17.1. The zero-order valence-electron chi connectivity index (χ0n) is 19.0. The second-order valence-corrected chi connectivity index (χ2v) is 11.1. The van der Waals surface area contributed by atoms with Gasteiger partial charge in [0.1, 0.15) is 4.88 Å². The fourth-order valence-corrected chi connectivity index (χ4v) is 6.75. The molecular formula is C25H26N2O5S2. The zero-order chi connectivity index (χ0) is 24.3. The highest BCUT2D eigenvalue weighted by atomic mass is 32.2. The molecule has 7 nitrogen and oxygen atoms in total. The molecular weight excluding hydrogens is 472 g/mol. The molecule has 0 spiro atoms. The Morgan fingerprint density at radius 2 is 1.76 bits per heavy atom. The maximum atomic E-state index is 13.0. The predicted molar refractivity (Wildman–Crippen MR) is 133 cm³/mol. The van der Waals surface area contributed by atoms with E-state index in [0.29, 0.717) is 12.2 Å². The van der Waals surface area contributed by atoms with Crippen LogP contribution in [0.4, 0.5) is 5.69 Å². The van der Waals surface area contributed by atoms with E-state index >= 15 is 0 Å². The Balaban J connectivity index is 1.56. The molecule has 2 aromatic carbocycles. The Morgan fingerprint density at radius 1 is 1.06 bits per heavy atom. The summed E-state index contributed by atoms with van der Waals surface area (Å²) in [6.45, 7) is 2.42. The number of benzene rings is 2. The minimum absolute atomic E-state index is 0.0455. The van der Waals surface area contributed by atoms with Crippen LogP contribution in [-0.2, 0) is 14.8 Å². The second kappa shape index (κ2) is 10.1. The van der Waals surface area contributed by atoms with Gasteiger partial charge < -0.3 is 10.1 Å². The lowest BCUT2D eigenvalue weighted by Gasteiger charge is -2.32. The monoisotopic (exact) mass is 498 g/mol. The first-order valence-electron chi connectivity index (χ1n) is 11.0. The van der Waals surface area contributed by atoms with Gasteiger partial charge >= 0.3 is 5.97 Å². The minimum atomic E-state index is -3.62. The van der Waals surface area contributed by atoms with Crippen LogP contribution < -0.4 is 5.32 Å². The number of hydrogen-bond acceptors (Lipinski definition) is 6. The summed E-state index contributed by atoms with van der Waals surface area (Å²) in [5, 5.41) is 2.77. The fourth-order valence-electron chi connectivity index (χ4n) is 4.01. The maximum Gasteiger partial charge on any atom is 0.350 e. The van der Waals surface area contributed by atoms with Gasteiger partial charge in [-0.3, -0.25) is 4.79 Å². The smallest absolute Gasteiger partial charge is 0.350 e. The van der Waals surface area contributed by atoms with Crippen LogP contribution >= 0.6 is 11.3 Å². The molecule has 1 aliphatic rings. The summed E-state index contributed by atoms with van der Waals surface area (Å²) in [4.78, 5) is 26.5. The lowest BCUT2D eigenvalue weighted by Crippen LogP contribution is -2.41. The van der Waals surface area contributed by atoms with E-state index in [0.717, 1.165) is 29.7 Å². The van der Waals surface area contributed by atoms with Gasteiger partial charge in [0.15, 0.2) is 0 Å². The van der Waals surface area contributed by atoms with Crippen molar-refractivity contribution in [2.24, 2.45) is 0 Å². The molecule has 0 radical (unpaired) electrons. The molecule has 3 aromatic rings. The number of sulfonamides is 1. The second-order valence-electron chi connectivity index (χ2n) is 8.15. The van der Waals surface area contributed by atoms with E-state index in [4.69, 9.17) is 4.74 Å². The van der Waals surface area contributed by atoms with Gasteiger partial charge in [-0.05, 0) is 55.7 Å². The fraction of sp³-hybridized carbons (Fsp3) is 0.280. The molecule has 0 aliphatic carbocycles. The van der Waals surface area contributed by atoms with Crippen molar-refractivity contribution in [2.75, 3.05) is 19.0 Å². The standard InChI is InChI=1S/C25H26N2O5S2/c1-17-8-6-7-15-27(17)34(30,31)20-13-11-19(12-14-20)24(28)26-21-16-22(18-9-4-3-5-10-18)33-23(21)25(29)32-2/h3-5,9-14,16-17H,6-8,15H2,1-2H3,(H,26,28). The highest BCUT2D eigenvalue weighted by molar-refractivity contribution is 7.89. The predicted octanol–water partition coefficient (Wildman–Crippen LogP) is 5.02. The van der Waals surface area contributed by atoms with Gasteiger partial charge in [0.05, 0.1) is 17.7 Å². The van der Waals surface area contributed by atoms with Gasteiger partial charge in [0.25, 0.3) is 5.91 Å². The third-order valence-corrected chi connectivity index (χ3v) is 9.07. The maximum absolute atomic E-state index is 13.0. The van der Waals surface area contributed by atoms with Crippen LogP contribution in [0.25, 0.3) is 10.4 Å². The Morgan fingerprint density at radius 3 is 2.41 bits per heavy atom. The van der Waals surface area contributed by atoms with E-state index in [1.807, 2.05) is 37.3 Å². The number of rotatable bonds is 6. The molecule has 1 amide bonds. The largest absolute Gasteiger partial charge is 0.465 e. The topological polar surface area (TPSA) is 92.8 Å². The molecule has 178 valence electrons. The first-order valence-corrected chi connectivity index (χ1v) is 13.3. The summed E-state index contributed by atoms with van der Waals surface area (Å²) in [5.41, 5.74) is 1.55. The highest BCUT2D eigenvalue weighted by Crippen LogP contribution is 2.35. The van der Waals surface area contributed by atoms with E-state index in [1.165, 1.54) is 47.0 Å². The third-order valence-electron chi connectivity index (χ3n) is 5.87. The molecule has 0 saturated carbocycles. The van der Waals surface area contributed by atoms with Crippen molar-refractivity contribution >= 4 is 38.9 Å². The quantitative estimate of drug-likeness (QED) is 0.482. The Bertz CT molecular complexity index is 1280. The van der Waals surface area contributed by atoms with E-state index < -0.39 is 21.9 Å². The number of piperidine rings is 1. The lowest BCUT2D eigenvalue weighted by molar-refractivity contribution is 0.0607. The number of methoxy groups -OCH3 is 1. The molecule has 1 unspecified atom stereocenters. The normalized spacial score (nSPS) is 16.7. The van der Waals surface area contributed by atoms with Crippen LogP contribution in [0.5, 0.6) is 0 Å².